The van der Waals surface area contributed by atoms with Gasteiger partial charge >= 0.3 is 0 Å². The lowest BCUT2D eigenvalue weighted by molar-refractivity contribution is 0.279. The summed E-state index contributed by atoms with van der Waals surface area (Å²) in [6.45, 7) is 3.40. The fourth-order valence-corrected chi connectivity index (χ4v) is 19.0. The van der Waals surface area contributed by atoms with Crippen LogP contribution in [-0.2, 0) is 11.8 Å². The van der Waals surface area contributed by atoms with Crippen molar-refractivity contribution in [3.05, 3.63) is 156 Å². The summed E-state index contributed by atoms with van der Waals surface area (Å²) in [5, 5.41) is 14.9. The summed E-state index contributed by atoms with van der Waals surface area (Å²) in [5.41, 5.74) is 24.9. The van der Waals surface area contributed by atoms with Crippen LogP contribution in [0.15, 0.2) is 107 Å². The molecular formula is C61H51N. The lowest BCUT2D eigenvalue weighted by Crippen LogP contribution is -2.52. The van der Waals surface area contributed by atoms with E-state index in [1.807, 2.05) is 11.1 Å². The Kier molecular flexibility index (Phi) is 5.37. The maximum atomic E-state index is 2.86. The number of likely N-dealkylation sites (tertiary alicyclic amines) is 1. The molecule has 1 nitrogen and oxygen atoms in total. The molecule has 1 saturated heterocycles. The van der Waals surface area contributed by atoms with Crippen LogP contribution in [0.1, 0.15) is 116 Å². The Morgan fingerprint density at radius 1 is 0.661 bits per heavy atom. The first-order valence-electron chi connectivity index (χ1n) is 25.1. The molecule has 1 heteroatoms. The Labute approximate surface area is 363 Å². The molecule has 18 rings (SSSR count). The highest BCUT2D eigenvalue weighted by molar-refractivity contribution is 6.35. The predicted molar refractivity (Wildman–Crippen MR) is 254 cm³/mol. The molecule has 9 atom stereocenters. The quantitative estimate of drug-likeness (QED) is 0.114. The molecule has 62 heavy (non-hydrogen) atoms. The van der Waals surface area contributed by atoms with Gasteiger partial charge in [-0.25, -0.2) is 0 Å². The summed E-state index contributed by atoms with van der Waals surface area (Å²) in [4.78, 5) is 2.86. The van der Waals surface area contributed by atoms with Crippen LogP contribution < -0.4 is 15.7 Å². The average molecular weight is 798 g/mol. The Morgan fingerprint density at radius 2 is 1.47 bits per heavy atom. The Morgan fingerprint density at radius 3 is 2.32 bits per heavy atom. The molecule has 5 aromatic rings. The molecule has 300 valence electrons. The maximum Gasteiger partial charge on any atom is 0.0568 e. The van der Waals surface area contributed by atoms with Gasteiger partial charge in [0, 0.05) is 30.3 Å². The van der Waals surface area contributed by atoms with Crippen molar-refractivity contribution in [1.29, 1.82) is 0 Å². The molecule has 5 aromatic carbocycles. The zero-order valence-corrected chi connectivity index (χ0v) is 36.1. The van der Waals surface area contributed by atoms with Crippen LogP contribution in [0.3, 0.4) is 0 Å². The summed E-state index contributed by atoms with van der Waals surface area (Å²) >= 11 is 0. The Hall–Kier alpha value is -4.98. The summed E-state index contributed by atoms with van der Waals surface area (Å²) in [5.74, 6) is 3.19. The molecule has 0 aromatic heterocycles. The number of rotatable bonds is 12. The number of fused-ring (bicyclic) bond motifs is 2. The molecule has 13 aliphatic rings. The van der Waals surface area contributed by atoms with Gasteiger partial charge in [0.05, 0.1) is 10.8 Å². The predicted octanol–water partition coefficient (Wildman–Crippen LogP) is 11.5. The summed E-state index contributed by atoms with van der Waals surface area (Å²) in [6.07, 6.45) is 36.4. The molecule has 0 radical (unpaired) electrons. The number of benzene rings is 3. The molecular weight excluding hydrogens is 747 g/mol. The highest BCUT2D eigenvalue weighted by atomic mass is 15.2. The number of hydrogen-bond acceptors (Lipinski definition) is 1. The topological polar surface area (TPSA) is 3.24 Å². The summed E-state index contributed by atoms with van der Waals surface area (Å²) < 4.78 is 0. The first-order chi connectivity index (χ1) is 30.7. The van der Waals surface area contributed by atoms with Crippen LogP contribution in [0, 0.1) is 35.0 Å². The molecule has 0 amide bonds. The molecule has 2 spiro atoms. The highest BCUT2D eigenvalue weighted by Crippen LogP contribution is 2.82. The van der Waals surface area contributed by atoms with Crippen molar-refractivity contribution >= 4 is 60.7 Å². The van der Waals surface area contributed by atoms with Gasteiger partial charge in [-0.05, 0) is 169 Å². The second kappa shape index (κ2) is 10.2. The number of aryl methyl sites for hydroxylation is 1. The second-order valence-electron chi connectivity index (χ2n) is 22.4. The first kappa shape index (κ1) is 32.7. The van der Waals surface area contributed by atoms with E-state index in [1.165, 1.54) is 87.1 Å². The summed E-state index contributed by atoms with van der Waals surface area (Å²) in [6, 6.07) is 15.7. The van der Waals surface area contributed by atoms with Crippen LogP contribution in [-0.4, -0.2) is 18.5 Å². The van der Waals surface area contributed by atoms with Gasteiger partial charge < -0.3 is 0 Å². The Balaban J connectivity index is 0.890. The molecule has 0 bridgehead atoms. The van der Waals surface area contributed by atoms with Crippen molar-refractivity contribution in [2.45, 2.75) is 94.9 Å². The number of nitrogens with zero attached hydrogens (tertiary/aromatic N) is 1. The minimum absolute atomic E-state index is 0.108. The summed E-state index contributed by atoms with van der Waals surface area (Å²) in [7, 11) is 2.51. The van der Waals surface area contributed by atoms with Gasteiger partial charge in [-0.3, -0.25) is 4.90 Å². The third kappa shape index (κ3) is 2.93. The van der Waals surface area contributed by atoms with E-state index in [2.05, 4.69) is 104 Å². The highest BCUT2D eigenvalue weighted by Gasteiger charge is 2.76. The van der Waals surface area contributed by atoms with Crippen molar-refractivity contribution in [1.82, 2.24) is 4.90 Å². The molecule has 2 fully saturated rings. The van der Waals surface area contributed by atoms with Gasteiger partial charge in [-0.1, -0.05) is 150 Å². The lowest BCUT2D eigenvalue weighted by Gasteiger charge is -2.54. The van der Waals surface area contributed by atoms with Gasteiger partial charge in [0.25, 0.3) is 0 Å². The maximum absolute atomic E-state index is 2.86. The molecule has 1 saturated carbocycles. The minimum Gasteiger partial charge on any atom is -0.297 e. The van der Waals surface area contributed by atoms with Crippen molar-refractivity contribution in [2.24, 2.45) is 35.0 Å². The average Bonchev–Trinajstić information content (AvgIpc) is 4.14. The van der Waals surface area contributed by atoms with Crippen molar-refractivity contribution in [2.75, 3.05) is 13.6 Å². The fraction of sp³-hybridized carbons (Fsp3) is 0.377. The van der Waals surface area contributed by atoms with E-state index < -0.39 is 0 Å². The van der Waals surface area contributed by atoms with E-state index in [4.69, 9.17) is 0 Å². The van der Waals surface area contributed by atoms with Gasteiger partial charge in [0.1, 0.15) is 0 Å². The molecule has 1 aliphatic heterocycles. The monoisotopic (exact) mass is 797 g/mol. The van der Waals surface area contributed by atoms with E-state index in [-0.39, 0.29) is 16.9 Å². The zero-order chi connectivity index (χ0) is 39.9. The first-order valence-corrected chi connectivity index (χ1v) is 25.1. The van der Waals surface area contributed by atoms with Crippen LogP contribution in [0.5, 0.6) is 0 Å². The van der Waals surface area contributed by atoms with Crippen molar-refractivity contribution in [3.63, 3.8) is 0 Å². The number of allylic oxidation sites excluding steroid dienone is 11. The van der Waals surface area contributed by atoms with E-state index >= 15 is 0 Å². The number of hydrogen-bond donors (Lipinski definition) is 0. The van der Waals surface area contributed by atoms with Gasteiger partial charge in [-0.2, -0.15) is 0 Å². The van der Waals surface area contributed by atoms with Crippen molar-refractivity contribution < 1.29 is 0 Å². The van der Waals surface area contributed by atoms with Crippen molar-refractivity contribution in [3.8, 4) is 0 Å². The number of unbranched alkanes of at least 4 members (excludes halogenated alkanes) is 9. The van der Waals surface area contributed by atoms with Crippen LogP contribution in [0.2, 0.25) is 0 Å². The van der Waals surface area contributed by atoms with Gasteiger partial charge in [0.15, 0.2) is 0 Å². The molecule has 1 heterocycles. The van der Waals surface area contributed by atoms with E-state index in [1.54, 1.807) is 104 Å². The molecule has 12 aliphatic carbocycles. The lowest BCUT2D eigenvalue weighted by atomic mass is 9.46. The largest absolute Gasteiger partial charge is 0.297 e. The fourth-order valence-electron chi connectivity index (χ4n) is 19.0. The minimum atomic E-state index is -0.181. The zero-order valence-electron chi connectivity index (χ0n) is 36.1. The Bertz CT molecular complexity index is 3590. The van der Waals surface area contributed by atoms with Crippen LogP contribution in [0.4, 0.5) is 0 Å². The van der Waals surface area contributed by atoms with E-state index in [0.717, 1.165) is 6.54 Å². The smallest absolute Gasteiger partial charge is 0.0568 e. The van der Waals surface area contributed by atoms with Gasteiger partial charge in [-0.15, -0.1) is 0 Å². The second-order valence-corrected chi connectivity index (χ2v) is 22.4. The van der Waals surface area contributed by atoms with Gasteiger partial charge in [0.2, 0.25) is 0 Å². The van der Waals surface area contributed by atoms with E-state index in [0.29, 0.717) is 35.5 Å². The SMILES string of the molecule is CCCCCCCCCCCCc1ccc(C2N(C)CC34C5=C6C=CC7C8C6=C3c3c6c9c%10c3c3c%11c(ccc%12c%13c(c%10c%12%11)C%10C(=C%11C=CC7C(C=68)C%11C=9%10)C=C%13)=C(C=C5)C324)cc1. The number of likely N-dealkylation sites (N-methyl/N-ethyl adjacent to an activating group) is 1. The molecule has 9 unspecified atom stereocenters. The molecule has 0 N–H and O–H groups in total. The standard InChI is InChI=1S/C61H51N/c1-3-4-5-6-7-8-9-10-11-12-13-29-14-16-30(17-15-29)59-61-40-27-26-39-37-24-22-35-33-20-18-31-32-19-21-34-36-23-25-38(40)48-46(36)51-44(34)42(32)49-41(31)43(33)50-45(35)47(37)57(60(39,61)28-62(59)2)55-53(50)52(49)54(51)56(55)58(48)61/h14-27,33,35,41-43,45,59H,3-13,28H2,1-2H3. The third-order valence-electron chi connectivity index (χ3n) is 20.5. The van der Waals surface area contributed by atoms with Crippen LogP contribution in [0.25, 0.3) is 60.7 Å². The van der Waals surface area contributed by atoms with Crippen LogP contribution >= 0.6 is 0 Å². The van der Waals surface area contributed by atoms with E-state index in [9.17, 15) is 0 Å². The normalized spacial score (nSPS) is 34.3. The third-order valence-corrected chi connectivity index (χ3v) is 20.5.